The smallest absolute Gasteiger partial charge is 0.288 e. The van der Waals surface area contributed by atoms with E-state index in [0.717, 1.165) is 0 Å². The van der Waals surface area contributed by atoms with Gasteiger partial charge in [0.25, 0.3) is 5.91 Å². The summed E-state index contributed by atoms with van der Waals surface area (Å²) in [5.41, 5.74) is 0. The third-order valence-electron chi connectivity index (χ3n) is 2.58. The van der Waals surface area contributed by atoms with E-state index in [4.69, 9.17) is 0 Å². The predicted octanol–water partition coefficient (Wildman–Crippen LogP) is -0.888. The standard InChI is InChI=1S/C8H12N4O3S/c13-8(7-10-5-11-12-7)9-4-6-2-1-3-16(6,14)15/h5-6H,1-4H2,(H,9,13)(H,10,11,12). The molecule has 0 bridgehead atoms. The third kappa shape index (κ3) is 2.21. The van der Waals surface area contributed by atoms with Gasteiger partial charge >= 0.3 is 0 Å². The number of H-pyrrole nitrogens is 1. The second kappa shape index (κ2) is 4.20. The van der Waals surface area contributed by atoms with E-state index < -0.39 is 21.0 Å². The first-order valence-electron chi connectivity index (χ1n) is 4.95. The van der Waals surface area contributed by atoms with Gasteiger partial charge in [-0.05, 0) is 12.8 Å². The second-order valence-corrected chi connectivity index (χ2v) is 6.08. The van der Waals surface area contributed by atoms with Crippen LogP contribution in [-0.4, -0.2) is 47.1 Å². The zero-order chi connectivity index (χ0) is 11.6. The number of nitrogens with zero attached hydrogens (tertiary/aromatic N) is 2. The SMILES string of the molecule is O=C(NCC1CCCS1(=O)=O)c1ncn[nH]1. The van der Waals surface area contributed by atoms with Crippen LogP contribution < -0.4 is 5.32 Å². The maximum atomic E-state index is 11.5. The molecule has 1 aromatic heterocycles. The Hall–Kier alpha value is -1.44. The average molecular weight is 244 g/mol. The molecule has 1 fully saturated rings. The quantitative estimate of drug-likeness (QED) is 0.717. The molecule has 1 aliphatic rings. The highest BCUT2D eigenvalue weighted by atomic mass is 32.2. The van der Waals surface area contributed by atoms with Gasteiger partial charge in [-0.2, -0.15) is 5.10 Å². The van der Waals surface area contributed by atoms with E-state index in [2.05, 4.69) is 20.5 Å². The molecule has 2 N–H and O–H groups in total. The molecule has 0 saturated carbocycles. The summed E-state index contributed by atoms with van der Waals surface area (Å²) in [6.45, 7) is 0.141. The summed E-state index contributed by atoms with van der Waals surface area (Å²) in [5.74, 6) is -0.120. The molecule has 1 atom stereocenters. The molecule has 1 aliphatic heterocycles. The minimum atomic E-state index is -3.01. The first kappa shape index (κ1) is 11.1. The molecule has 1 saturated heterocycles. The van der Waals surface area contributed by atoms with Crippen molar-refractivity contribution in [1.82, 2.24) is 20.5 Å². The minimum Gasteiger partial charge on any atom is -0.348 e. The molecule has 1 unspecified atom stereocenters. The summed E-state index contributed by atoms with van der Waals surface area (Å²) in [6, 6.07) is 0. The zero-order valence-corrected chi connectivity index (χ0v) is 9.33. The minimum absolute atomic E-state index is 0.0930. The number of carbonyl (C=O) groups excluding carboxylic acids is 1. The molecule has 8 heteroatoms. The Morgan fingerprint density at radius 2 is 2.44 bits per heavy atom. The van der Waals surface area contributed by atoms with E-state index in [1.165, 1.54) is 6.33 Å². The second-order valence-electron chi connectivity index (χ2n) is 3.68. The van der Waals surface area contributed by atoms with E-state index in [1.54, 1.807) is 0 Å². The van der Waals surface area contributed by atoms with E-state index in [0.29, 0.717) is 12.8 Å². The Labute approximate surface area is 92.6 Å². The van der Waals surface area contributed by atoms with E-state index in [-0.39, 0.29) is 18.1 Å². The Bertz CT molecular complexity index is 467. The maximum Gasteiger partial charge on any atom is 0.288 e. The molecule has 2 heterocycles. The van der Waals surface area contributed by atoms with Crippen molar-refractivity contribution >= 4 is 15.7 Å². The number of rotatable bonds is 3. The lowest BCUT2D eigenvalue weighted by atomic mass is 10.2. The highest BCUT2D eigenvalue weighted by Gasteiger charge is 2.31. The Kier molecular flexibility index (Phi) is 2.90. The number of aromatic nitrogens is 3. The van der Waals surface area contributed by atoms with Crippen LogP contribution in [0.5, 0.6) is 0 Å². The van der Waals surface area contributed by atoms with Crippen molar-refractivity contribution in [3.8, 4) is 0 Å². The zero-order valence-electron chi connectivity index (χ0n) is 8.51. The summed E-state index contributed by atoms with van der Waals surface area (Å²) >= 11 is 0. The van der Waals surface area contributed by atoms with Gasteiger partial charge in [0, 0.05) is 6.54 Å². The summed E-state index contributed by atoms with van der Waals surface area (Å²) in [7, 11) is -3.01. The fourth-order valence-electron chi connectivity index (χ4n) is 1.69. The Morgan fingerprint density at radius 3 is 3.00 bits per heavy atom. The van der Waals surface area contributed by atoms with Gasteiger partial charge in [-0.25, -0.2) is 13.4 Å². The fraction of sp³-hybridized carbons (Fsp3) is 0.625. The Morgan fingerprint density at radius 1 is 1.62 bits per heavy atom. The normalized spacial score (nSPS) is 23.1. The van der Waals surface area contributed by atoms with Crippen molar-refractivity contribution < 1.29 is 13.2 Å². The van der Waals surface area contributed by atoms with Gasteiger partial charge in [0.2, 0.25) is 5.82 Å². The highest BCUT2D eigenvalue weighted by Crippen LogP contribution is 2.18. The van der Waals surface area contributed by atoms with Crippen LogP contribution in [0.1, 0.15) is 23.5 Å². The summed E-state index contributed by atoms with van der Waals surface area (Å²) in [4.78, 5) is 15.1. The lowest BCUT2D eigenvalue weighted by Gasteiger charge is -2.09. The number of aromatic amines is 1. The molecule has 1 amide bonds. The fourth-order valence-corrected chi connectivity index (χ4v) is 3.46. The van der Waals surface area contributed by atoms with Crippen LogP contribution in [0.2, 0.25) is 0 Å². The first-order valence-corrected chi connectivity index (χ1v) is 6.66. The molecule has 16 heavy (non-hydrogen) atoms. The van der Waals surface area contributed by atoms with Crippen LogP contribution in [0.3, 0.4) is 0 Å². The highest BCUT2D eigenvalue weighted by molar-refractivity contribution is 7.92. The van der Waals surface area contributed by atoms with Crippen LogP contribution in [0.15, 0.2) is 6.33 Å². The van der Waals surface area contributed by atoms with Crippen LogP contribution in [0.4, 0.5) is 0 Å². The topological polar surface area (TPSA) is 105 Å². The van der Waals surface area contributed by atoms with Crippen LogP contribution in [0, 0.1) is 0 Å². The van der Waals surface area contributed by atoms with Crippen molar-refractivity contribution in [3.63, 3.8) is 0 Å². The first-order chi connectivity index (χ1) is 7.59. The molecular formula is C8H12N4O3S. The number of carbonyl (C=O) groups is 1. The summed E-state index contributed by atoms with van der Waals surface area (Å²) < 4.78 is 22.9. The van der Waals surface area contributed by atoms with Crippen LogP contribution >= 0.6 is 0 Å². The van der Waals surface area contributed by atoms with Gasteiger partial charge < -0.3 is 5.32 Å². The molecule has 0 aliphatic carbocycles. The number of nitrogens with one attached hydrogen (secondary N) is 2. The molecule has 0 radical (unpaired) electrons. The Balaban J connectivity index is 1.91. The van der Waals surface area contributed by atoms with Gasteiger partial charge in [-0.15, -0.1) is 0 Å². The van der Waals surface area contributed by atoms with E-state index in [9.17, 15) is 13.2 Å². The van der Waals surface area contributed by atoms with Gasteiger partial charge in [0.1, 0.15) is 6.33 Å². The van der Waals surface area contributed by atoms with Crippen LogP contribution in [-0.2, 0) is 9.84 Å². The van der Waals surface area contributed by atoms with Crippen molar-refractivity contribution in [2.75, 3.05) is 12.3 Å². The molecule has 88 valence electrons. The largest absolute Gasteiger partial charge is 0.348 e. The van der Waals surface area contributed by atoms with Gasteiger partial charge in [0.15, 0.2) is 9.84 Å². The van der Waals surface area contributed by atoms with Crippen molar-refractivity contribution in [2.45, 2.75) is 18.1 Å². The average Bonchev–Trinajstić information content (AvgIpc) is 2.83. The molecule has 0 aromatic carbocycles. The monoisotopic (exact) mass is 244 g/mol. The molecule has 7 nitrogen and oxygen atoms in total. The van der Waals surface area contributed by atoms with Crippen molar-refractivity contribution in [1.29, 1.82) is 0 Å². The van der Waals surface area contributed by atoms with Crippen molar-refractivity contribution in [2.24, 2.45) is 0 Å². The number of hydrogen-bond acceptors (Lipinski definition) is 5. The molecular weight excluding hydrogens is 232 g/mol. The van der Waals surface area contributed by atoms with Crippen LogP contribution in [0.25, 0.3) is 0 Å². The number of hydrogen-bond donors (Lipinski definition) is 2. The van der Waals surface area contributed by atoms with Gasteiger partial charge in [-0.3, -0.25) is 9.89 Å². The molecule has 0 spiro atoms. The lowest BCUT2D eigenvalue weighted by molar-refractivity contribution is 0.0943. The summed E-state index contributed by atoms with van der Waals surface area (Å²) in [5, 5.41) is 8.02. The third-order valence-corrected chi connectivity index (χ3v) is 4.86. The summed E-state index contributed by atoms with van der Waals surface area (Å²) in [6.07, 6.45) is 2.51. The molecule has 2 rings (SSSR count). The predicted molar refractivity (Wildman–Crippen MR) is 55.5 cm³/mol. The van der Waals surface area contributed by atoms with Gasteiger partial charge in [-0.1, -0.05) is 0 Å². The lowest BCUT2D eigenvalue weighted by Crippen LogP contribution is -2.35. The molecule has 1 aromatic rings. The maximum absolute atomic E-state index is 11.5. The van der Waals surface area contributed by atoms with Gasteiger partial charge in [0.05, 0.1) is 11.0 Å². The number of amides is 1. The van der Waals surface area contributed by atoms with Crippen molar-refractivity contribution in [3.05, 3.63) is 12.2 Å². The van der Waals surface area contributed by atoms with E-state index >= 15 is 0 Å². The van der Waals surface area contributed by atoms with E-state index in [1.807, 2.05) is 0 Å². The number of sulfone groups is 1.